The van der Waals surface area contributed by atoms with E-state index in [1.165, 1.54) is 12.5 Å². The second-order valence-electron chi connectivity index (χ2n) is 6.19. The molecule has 2 N–H and O–H groups in total. The molecule has 7 heteroatoms. The molecule has 0 bridgehead atoms. The van der Waals surface area contributed by atoms with Gasteiger partial charge in [-0.05, 0) is 61.1 Å². The number of amides is 2. The lowest BCUT2D eigenvalue weighted by Crippen LogP contribution is -2.37. The van der Waals surface area contributed by atoms with Gasteiger partial charge in [-0.3, -0.25) is 14.9 Å². The lowest BCUT2D eigenvalue weighted by atomic mass is 10.1. The minimum absolute atomic E-state index is 0.00971. The van der Waals surface area contributed by atoms with Crippen LogP contribution >= 0.6 is 23.6 Å². The van der Waals surface area contributed by atoms with Crippen molar-refractivity contribution in [3.8, 4) is 0 Å². The number of nitrogens with one attached hydrogen (secondary N) is 2. The Morgan fingerprint density at radius 2 is 1.85 bits per heavy atom. The molecular formula is C20H21N3O2S2. The van der Waals surface area contributed by atoms with Crippen molar-refractivity contribution in [1.29, 1.82) is 0 Å². The van der Waals surface area contributed by atoms with Gasteiger partial charge >= 0.3 is 0 Å². The van der Waals surface area contributed by atoms with E-state index >= 15 is 0 Å². The van der Waals surface area contributed by atoms with E-state index in [1.807, 2.05) is 34.5 Å². The first-order valence-electron chi connectivity index (χ1n) is 8.85. The standard InChI is InChI=1S/C20H21N3O2S2/c24-18(11-10-15-7-6-14-27-15)22-20(26)21-17-9-3-2-8-16(17)19(25)23-12-4-1-5-13-23/h2-3,6-11,14H,1,4-5,12-13H2,(H2,21,22,24,26)/b11-10+. The smallest absolute Gasteiger partial charge is 0.255 e. The number of para-hydroxylation sites is 1. The molecule has 1 saturated heterocycles. The van der Waals surface area contributed by atoms with Crippen molar-refractivity contribution in [2.45, 2.75) is 19.3 Å². The number of thiophene rings is 1. The predicted molar refractivity (Wildman–Crippen MR) is 114 cm³/mol. The van der Waals surface area contributed by atoms with Crippen molar-refractivity contribution in [3.05, 3.63) is 58.3 Å². The van der Waals surface area contributed by atoms with Gasteiger partial charge in [-0.1, -0.05) is 18.2 Å². The summed E-state index contributed by atoms with van der Waals surface area (Å²) >= 11 is 6.78. The largest absolute Gasteiger partial charge is 0.339 e. The number of thiocarbonyl (C=S) groups is 1. The molecule has 0 atom stereocenters. The first kappa shape index (κ1) is 19.3. The summed E-state index contributed by atoms with van der Waals surface area (Å²) in [7, 11) is 0. The summed E-state index contributed by atoms with van der Waals surface area (Å²) in [6.07, 6.45) is 6.40. The van der Waals surface area contributed by atoms with Gasteiger partial charge in [-0.15, -0.1) is 11.3 Å². The summed E-state index contributed by atoms with van der Waals surface area (Å²) in [5.41, 5.74) is 1.16. The van der Waals surface area contributed by atoms with Crippen LogP contribution in [0.25, 0.3) is 6.08 Å². The number of likely N-dealkylation sites (tertiary alicyclic amines) is 1. The molecule has 2 heterocycles. The topological polar surface area (TPSA) is 61.4 Å². The molecule has 1 aromatic heterocycles. The molecule has 0 saturated carbocycles. The number of carbonyl (C=O) groups is 2. The number of hydrogen-bond acceptors (Lipinski definition) is 4. The molecule has 3 rings (SSSR count). The zero-order chi connectivity index (χ0) is 19.1. The van der Waals surface area contributed by atoms with Crippen LogP contribution in [-0.4, -0.2) is 34.9 Å². The summed E-state index contributed by atoms with van der Waals surface area (Å²) in [6, 6.07) is 11.1. The van der Waals surface area contributed by atoms with Crippen molar-refractivity contribution >= 4 is 52.2 Å². The van der Waals surface area contributed by atoms with E-state index in [4.69, 9.17) is 12.2 Å². The molecular weight excluding hydrogens is 378 g/mol. The van der Waals surface area contributed by atoms with Crippen LogP contribution in [0, 0.1) is 0 Å². The molecule has 2 amide bonds. The Hall–Kier alpha value is -2.51. The van der Waals surface area contributed by atoms with Gasteiger partial charge in [-0.2, -0.15) is 0 Å². The monoisotopic (exact) mass is 399 g/mol. The van der Waals surface area contributed by atoms with Crippen LogP contribution in [-0.2, 0) is 4.79 Å². The number of carbonyl (C=O) groups excluding carboxylic acids is 2. The summed E-state index contributed by atoms with van der Waals surface area (Å²) in [5.74, 6) is -0.328. The van der Waals surface area contributed by atoms with Gasteiger partial charge in [0.15, 0.2) is 5.11 Å². The fraction of sp³-hybridized carbons (Fsp3) is 0.250. The van der Waals surface area contributed by atoms with Gasteiger partial charge in [-0.25, -0.2) is 0 Å². The van der Waals surface area contributed by atoms with E-state index in [1.54, 1.807) is 29.5 Å². The molecule has 0 aliphatic carbocycles. The highest BCUT2D eigenvalue weighted by Crippen LogP contribution is 2.20. The number of piperidine rings is 1. The Balaban J connectivity index is 1.62. The highest BCUT2D eigenvalue weighted by molar-refractivity contribution is 7.80. The number of anilines is 1. The summed E-state index contributed by atoms with van der Waals surface area (Å²) in [5, 5.41) is 7.69. The van der Waals surface area contributed by atoms with Crippen LogP contribution in [0.3, 0.4) is 0 Å². The number of benzene rings is 1. The van der Waals surface area contributed by atoms with E-state index in [9.17, 15) is 9.59 Å². The minimum Gasteiger partial charge on any atom is -0.339 e. The van der Waals surface area contributed by atoms with Crippen LogP contribution in [0.4, 0.5) is 5.69 Å². The number of rotatable bonds is 4. The zero-order valence-corrected chi connectivity index (χ0v) is 16.4. The van der Waals surface area contributed by atoms with Crippen LogP contribution in [0.5, 0.6) is 0 Å². The van der Waals surface area contributed by atoms with Crippen molar-refractivity contribution in [2.24, 2.45) is 0 Å². The van der Waals surface area contributed by atoms with Crippen molar-refractivity contribution in [1.82, 2.24) is 10.2 Å². The quantitative estimate of drug-likeness (QED) is 0.605. The Morgan fingerprint density at radius 1 is 1.07 bits per heavy atom. The molecule has 1 aliphatic rings. The molecule has 1 aromatic carbocycles. The zero-order valence-electron chi connectivity index (χ0n) is 14.8. The molecule has 27 heavy (non-hydrogen) atoms. The minimum atomic E-state index is -0.319. The molecule has 2 aromatic rings. The summed E-state index contributed by atoms with van der Waals surface area (Å²) in [4.78, 5) is 27.7. The van der Waals surface area contributed by atoms with E-state index in [0.717, 1.165) is 30.8 Å². The molecule has 0 unspecified atom stereocenters. The SMILES string of the molecule is O=C(/C=C/c1cccs1)NC(=S)Nc1ccccc1C(=O)N1CCCCC1. The van der Waals surface area contributed by atoms with Crippen LogP contribution in [0.15, 0.2) is 47.9 Å². The molecule has 1 fully saturated rings. The first-order chi connectivity index (χ1) is 13.1. The third-order valence-electron chi connectivity index (χ3n) is 4.23. The maximum absolute atomic E-state index is 12.8. The van der Waals surface area contributed by atoms with Crippen LogP contribution < -0.4 is 10.6 Å². The third-order valence-corrected chi connectivity index (χ3v) is 5.27. The van der Waals surface area contributed by atoms with Gasteiger partial charge in [0, 0.05) is 24.0 Å². The highest BCUT2D eigenvalue weighted by atomic mass is 32.1. The third kappa shape index (κ3) is 5.48. The Morgan fingerprint density at radius 3 is 2.59 bits per heavy atom. The van der Waals surface area contributed by atoms with Crippen molar-refractivity contribution in [2.75, 3.05) is 18.4 Å². The van der Waals surface area contributed by atoms with E-state index in [-0.39, 0.29) is 16.9 Å². The van der Waals surface area contributed by atoms with E-state index in [2.05, 4.69) is 10.6 Å². The molecule has 1 aliphatic heterocycles. The average molecular weight is 400 g/mol. The Kier molecular flexibility index (Phi) is 6.73. The molecule has 0 radical (unpaired) electrons. The van der Waals surface area contributed by atoms with Crippen LogP contribution in [0.1, 0.15) is 34.5 Å². The lowest BCUT2D eigenvalue weighted by molar-refractivity contribution is -0.115. The summed E-state index contributed by atoms with van der Waals surface area (Å²) < 4.78 is 0. The van der Waals surface area contributed by atoms with Gasteiger partial charge in [0.1, 0.15) is 0 Å². The van der Waals surface area contributed by atoms with Crippen molar-refractivity contribution in [3.63, 3.8) is 0 Å². The van der Waals surface area contributed by atoms with E-state index < -0.39 is 0 Å². The second-order valence-corrected chi connectivity index (χ2v) is 7.58. The lowest BCUT2D eigenvalue weighted by Gasteiger charge is -2.27. The number of hydrogen-bond donors (Lipinski definition) is 2. The maximum atomic E-state index is 12.8. The van der Waals surface area contributed by atoms with Gasteiger partial charge in [0.05, 0.1) is 11.3 Å². The maximum Gasteiger partial charge on any atom is 0.255 e. The average Bonchev–Trinajstić information content (AvgIpc) is 3.20. The highest BCUT2D eigenvalue weighted by Gasteiger charge is 2.20. The number of nitrogens with zero attached hydrogens (tertiary/aromatic N) is 1. The molecule has 5 nitrogen and oxygen atoms in total. The molecule has 140 valence electrons. The second kappa shape index (κ2) is 9.43. The summed E-state index contributed by atoms with van der Waals surface area (Å²) in [6.45, 7) is 1.56. The Bertz CT molecular complexity index is 841. The van der Waals surface area contributed by atoms with Gasteiger partial charge in [0.25, 0.3) is 5.91 Å². The van der Waals surface area contributed by atoms with Gasteiger partial charge < -0.3 is 10.2 Å². The first-order valence-corrected chi connectivity index (χ1v) is 10.1. The fourth-order valence-electron chi connectivity index (χ4n) is 2.90. The normalized spacial score (nSPS) is 14.1. The van der Waals surface area contributed by atoms with Crippen molar-refractivity contribution < 1.29 is 9.59 Å². The van der Waals surface area contributed by atoms with Gasteiger partial charge in [0.2, 0.25) is 5.91 Å². The molecule has 0 spiro atoms. The fourth-order valence-corrected chi connectivity index (χ4v) is 3.73. The Labute approximate surface area is 168 Å². The van der Waals surface area contributed by atoms with Crippen LogP contribution in [0.2, 0.25) is 0 Å². The van der Waals surface area contributed by atoms with E-state index in [0.29, 0.717) is 11.3 Å². The predicted octanol–water partition coefficient (Wildman–Crippen LogP) is 3.90.